The molecule has 3 heterocycles. The molecule has 0 atom stereocenters. The Balaban J connectivity index is 1.51. The maximum atomic E-state index is 12.2. The summed E-state index contributed by atoms with van der Waals surface area (Å²) in [5, 5.41) is 13.0. The van der Waals surface area contributed by atoms with Crippen molar-refractivity contribution in [1.82, 2.24) is 20.0 Å². The molecule has 0 N–H and O–H groups in total. The van der Waals surface area contributed by atoms with Crippen molar-refractivity contribution in [3.8, 4) is 6.07 Å². The maximum Gasteiger partial charge on any atom is 0.410 e. The Morgan fingerprint density at radius 3 is 2.79 bits per heavy atom. The molecule has 1 amide bonds. The van der Waals surface area contributed by atoms with Crippen LogP contribution in [0.3, 0.4) is 0 Å². The van der Waals surface area contributed by atoms with Crippen molar-refractivity contribution in [2.45, 2.75) is 58.0 Å². The standard InChI is InChI=1S/C20H25N5O3/c1-20(2,3)27-19(26)25-10-7-15(8-11-25)18-23-17(28-24-18)5-4-14-6-9-22-16(12-14)13-21/h6,9,12,15H,4-5,7-8,10-11H2,1-3H3. The highest BCUT2D eigenvalue weighted by Crippen LogP contribution is 2.27. The Hall–Kier alpha value is -2.95. The molecule has 148 valence electrons. The normalized spacial score (nSPS) is 15.3. The predicted molar refractivity (Wildman–Crippen MR) is 100 cm³/mol. The molecule has 0 radical (unpaired) electrons. The first-order chi connectivity index (χ1) is 13.3. The molecule has 2 aromatic rings. The fraction of sp³-hybridized carbons (Fsp3) is 0.550. The molecule has 3 rings (SSSR count). The topological polar surface area (TPSA) is 105 Å². The molecule has 0 spiro atoms. The van der Waals surface area contributed by atoms with Crippen molar-refractivity contribution in [3.63, 3.8) is 0 Å². The molecule has 8 nitrogen and oxygen atoms in total. The molecular formula is C20H25N5O3. The zero-order valence-electron chi connectivity index (χ0n) is 16.5. The number of rotatable bonds is 4. The van der Waals surface area contributed by atoms with Crippen molar-refractivity contribution in [1.29, 1.82) is 5.26 Å². The highest BCUT2D eigenvalue weighted by atomic mass is 16.6. The Morgan fingerprint density at radius 2 is 2.11 bits per heavy atom. The number of hydrogen-bond acceptors (Lipinski definition) is 7. The number of carbonyl (C=O) groups is 1. The average molecular weight is 383 g/mol. The Morgan fingerprint density at radius 1 is 1.36 bits per heavy atom. The molecule has 0 aliphatic carbocycles. The van der Waals surface area contributed by atoms with Crippen LogP contribution in [0.2, 0.25) is 0 Å². The molecule has 8 heteroatoms. The van der Waals surface area contributed by atoms with Crippen molar-refractivity contribution >= 4 is 6.09 Å². The summed E-state index contributed by atoms with van der Waals surface area (Å²) < 4.78 is 10.8. The molecule has 2 aromatic heterocycles. The largest absolute Gasteiger partial charge is 0.444 e. The minimum absolute atomic E-state index is 0.183. The minimum Gasteiger partial charge on any atom is -0.444 e. The van der Waals surface area contributed by atoms with E-state index in [1.807, 2.05) is 32.9 Å². The first kappa shape index (κ1) is 19.8. The van der Waals surface area contributed by atoms with Gasteiger partial charge in [0.1, 0.15) is 17.4 Å². The summed E-state index contributed by atoms with van der Waals surface area (Å²) in [4.78, 5) is 22.4. The van der Waals surface area contributed by atoms with E-state index >= 15 is 0 Å². The van der Waals surface area contributed by atoms with Gasteiger partial charge in [-0.3, -0.25) is 0 Å². The van der Waals surface area contributed by atoms with E-state index in [-0.39, 0.29) is 12.0 Å². The molecule has 28 heavy (non-hydrogen) atoms. The van der Waals surface area contributed by atoms with Gasteiger partial charge in [-0.15, -0.1) is 0 Å². The third kappa shape index (κ3) is 5.28. The number of ether oxygens (including phenoxy) is 1. The number of nitrogens with zero attached hydrogens (tertiary/aromatic N) is 5. The van der Waals surface area contributed by atoms with Gasteiger partial charge in [-0.1, -0.05) is 5.16 Å². The quantitative estimate of drug-likeness (QED) is 0.798. The van der Waals surface area contributed by atoms with Gasteiger partial charge < -0.3 is 14.2 Å². The summed E-state index contributed by atoms with van der Waals surface area (Å²) in [6, 6.07) is 5.68. The molecule has 0 saturated carbocycles. The zero-order valence-corrected chi connectivity index (χ0v) is 16.5. The minimum atomic E-state index is -0.487. The van der Waals surface area contributed by atoms with E-state index in [4.69, 9.17) is 14.5 Å². The van der Waals surface area contributed by atoms with Gasteiger partial charge in [0.15, 0.2) is 5.82 Å². The third-order valence-corrected chi connectivity index (χ3v) is 4.56. The van der Waals surface area contributed by atoms with E-state index in [0.29, 0.717) is 43.3 Å². The molecule has 1 aliphatic heterocycles. The van der Waals surface area contributed by atoms with Crippen LogP contribution in [0.25, 0.3) is 0 Å². The van der Waals surface area contributed by atoms with E-state index in [1.165, 1.54) is 0 Å². The summed E-state index contributed by atoms with van der Waals surface area (Å²) in [7, 11) is 0. The van der Waals surface area contributed by atoms with Crippen LogP contribution in [0.1, 0.15) is 62.5 Å². The van der Waals surface area contributed by atoms with Gasteiger partial charge in [-0.2, -0.15) is 10.2 Å². The van der Waals surface area contributed by atoms with E-state index < -0.39 is 5.60 Å². The number of nitriles is 1. The molecule has 0 bridgehead atoms. The highest BCUT2D eigenvalue weighted by molar-refractivity contribution is 5.68. The third-order valence-electron chi connectivity index (χ3n) is 4.56. The zero-order chi connectivity index (χ0) is 20.1. The van der Waals surface area contributed by atoms with Crippen LogP contribution in [0.15, 0.2) is 22.9 Å². The van der Waals surface area contributed by atoms with Gasteiger partial charge in [0.25, 0.3) is 0 Å². The van der Waals surface area contributed by atoms with Gasteiger partial charge in [-0.05, 0) is 57.7 Å². The summed E-state index contributed by atoms with van der Waals surface area (Å²) in [5.74, 6) is 1.47. The summed E-state index contributed by atoms with van der Waals surface area (Å²) in [5.41, 5.74) is 0.928. The van der Waals surface area contributed by atoms with E-state index in [1.54, 1.807) is 17.2 Å². The van der Waals surface area contributed by atoms with Gasteiger partial charge >= 0.3 is 6.09 Å². The van der Waals surface area contributed by atoms with Crippen LogP contribution >= 0.6 is 0 Å². The van der Waals surface area contributed by atoms with Crippen LogP contribution in [0, 0.1) is 11.3 Å². The lowest BCUT2D eigenvalue weighted by molar-refractivity contribution is 0.0203. The lowest BCUT2D eigenvalue weighted by Crippen LogP contribution is -2.41. The maximum absolute atomic E-state index is 12.2. The van der Waals surface area contributed by atoms with Crippen LogP contribution in [-0.4, -0.2) is 44.8 Å². The first-order valence-electron chi connectivity index (χ1n) is 9.49. The van der Waals surface area contributed by atoms with Gasteiger partial charge in [0.2, 0.25) is 5.89 Å². The van der Waals surface area contributed by atoms with E-state index in [2.05, 4.69) is 15.1 Å². The van der Waals surface area contributed by atoms with Crippen molar-refractivity contribution in [3.05, 3.63) is 41.3 Å². The van der Waals surface area contributed by atoms with E-state index in [0.717, 1.165) is 18.4 Å². The number of aryl methyl sites for hydroxylation is 2. The number of likely N-dealkylation sites (tertiary alicyclic amines) is 1. The van der Waals surface area contributed by atoms with Crippen molar-refractivity contribution in [2.24, 2.45) is 0 Å². The van der Waals surface area contributed by atoms with Gasteiger partial charge in [0.05, 0.1) is 0 Å². The van der Waals surface area contributed by atoms with Gasteiger partial charge in [-0.25, -0.2) is 9.78 Å². The Kier molecular flexibility index (Phi) is 5.93. The Labute approximate surface area is 164 Å². The molecule has 0 unspecified atom stereocenters. The number of pyridine rings is 1. The van der Waals surface area contributed by atoms with Crippen molar-refractivity contribution < 1.29 is 14.1 Å². The second kappa shape index (κ2) is 8.38. The number of aromatic nitrogens is 3. The highest BCUT2D eigenvalue weighted by Gasteiger charge is 2.29. The predicted octanol–water partition coefficient (Wildman–Crippen LogP) is 3.24. The molecule has 1 aliphatic rings. The number of amides is 1. The van der Waals surface area contributed by atoms with Crippen LogP contribution in [0.5, 0.6) is 0 Å². The fourth-order valence-electron chi connectivity index (χ4n) is 3.12. The second-order valence-electron chi connectivity index (χ2n) is 7.95. The number of piperidine rings is 1. The molecule has 0 aromatic carbocycles. The molecule has 1 saturated heterocycles. The van der Waals surface area contributed by atoms with Crippen molar-refractivity contribution in [2.75, 3.05) is 13.1 Å². The second-order valence-corrected chi connectivity index (χ2v) is 7.95. The van der Waals surface area contributed by atoms with E-state index in [9.17, 15) is 4.79 Å². The van der Waals surface area contributed by atoms with Crippen LogP contribution in [0.4, 0.5) is 4.79 Å². The molecular weight excluding hydrogens is 358 g/mol. The summed E-state index contributed by atoms with van der Waals surface area (Å²) >= 11 is 0. The van der Waals surface area contributed by atoms with Crippen LogP contribution in [-0.2, 0) is 17.6 Å². The number of hydrogen-bond donors (Lipinski definition) is 0. The monoisotopic (exact) mass is 383 g/mol. The summed E-state index contributed by atoms with van der Waals surface area (Å²) in [6.45, 7) is 6.84. The number of carbonyl (C=O) groups excluding carboxylic acids is 1. The smallest absolute Gasteiger partial charge is 0.410 e. The Bertz CT molecular complexity index is 857. The average Bonchev–Trinajstić information content (AvgIpc) is 3.14. The summed E-state index contributed by atoms with van der Waals surface area (Å²) in [6.07, 6.45) is 4.25. The lowest BCUT2D eigenvalue weighted by Gasteiger charge is -2.32. The SMILES string of the molecule is CC(C)(C)OC(=O)N1CCC(c2noc(CCc3ccnc(C#N)c3)n2)CC1. The first-order valence-corrected chi connectivity index (χ1v) is 9.49. The molecule has 1 fully saturated rings. The fourth-order valence-corrected chi connectivity index (χ4v) is 3.12. The van der Waals surface area contributed by atoms with Crippen LogP contribution < -0.4 is 0 Å². The van der Waals surface area contributed by atoms with Gasteiger partial charge in [0, 0.05) is 31.6 Å². The lowest BCUT2D eigenvalue weighted by atomic mass is 9.96.